The van der Waals surface area contributed by atoms with Crippen molar-refractivity contribution in [2.24, 2.45) is 35.0 Å². The molecule has 2 amide bonds. The molecule has 1 saturated heterocycles. The van der Waals surface area contributed by atoms with Crippen molar-refractivity contribution in [1.29, 1.82) is 0 Å². The van der Waals surface area contributed by atoms with E-state index in [1.807, 2.05) is 0 Å². The first-order valence-corrected chi connectivity index (χ1v) is 13.2. The van der Waals surface area contributed by atoms with Crippen LogP contribution in [0.4, 0.5) is 0 Å². The van der Waals surface area contributed by atoms with E-state index in [1.54, 1.807) is 0 Å². The molecule has 5 heteroatoms. The van der Waals surface area contributed by atoms with Gasteiger partial charge in [-0.15, -0.1) is 0 Å². The van der Waals surface area contributed by atoms with Crippen LogP contribution in [0.25, 0.3) is 0 Å². The molecule has 4 saturated carbocycles. The Balaban J connectivity index is 1.05. The topological polar surface area (TPSA) is 61.4 Å². The van der Waals surface area contributed by atoms with Crippen LogP contribution in [-0.4, -0.2) is 36.3 Å². The molecule has 2 N–H and O–H groups in total. The highest BCUT2D eigenvalue weighted by molar-refractivity contribution is 5.88. The quantitative estimate of drug-likeness (QED) is 0.656. The zero-order chi connectivity index (χ0) is 23.0. The number of rotatable bonds is 7. The zero-order valence-electron chi connectivity index (χ0n) is 20.4. The highest BCUT2D eigenvalue weighted by atomic mass is 16.2. The van der Waals surface area contributed by atoms with E-state index in [1.165, 1.54) is 44.3 Å². The molecule has 1 heterocycles. The fourth-order valence-electron chi connectivity index (χ4n) is 7.94. The largest absolute Gasteiger partial charge is 0.350 e. The molecule has 0 aromatic heterocycles. The number of piperidine rings is 1. The molecule has 4 bridgehead atoms. The van der Waals surface area contributed by atoms with Crippen molar-refractivity contribution in [2.45, 2.75) is 71.9 Å². The van der Waals surface area contributed by atoms with Gasteiger partial charge >= 0.3 is 0 Å². The van der Waals surface area contributed by atoms with Gasteiger partial charge in [0.25, 0.3) is 0 Å². The monoisotopic (exact) mass is 451 g/mol. The molecule has 5 aliphatic rings. The van der Waals surface area contributed by atoms with Gasteiger partial charge in [0.05, 0.1) is 6.54 Å². The first-order chi connectivity index (χ1) is 15.9. The van der Waals surface area contributed by atoms with E-state index in [9.17, 15) is 9.59 Å². The number of hydrogen-bond donors (Lipinski definition) is 2. The summed E-state index contributed by atoms with van der Waals surface area (Å²) in [6, 6.07) is 8.58. The van der Waals surface area contributed by atoms with Gasteiger partial charge in [-0.2, -0.15) is 0 Å². The number of nitrogens with zero attached hydrogens (tertiary/aromatic N) is 1. The number of hydrogen-bond acceptors (Lipinski definition) is 3. The molecular formula is C28H41N3O2. The number of amides is 2. The van der Waals surface area contributed by atoms with Crippen LogP contribution in [-0.2, 0) is 22.7 Å². The Morgan fingerprint density at radius 2 is 1.39 bits per heavy atom. The maximum absolute atomic E-state index is 13.0. The van der Waals surface area contributed by atoms with Crippen molar-refractivity contribution in [3.8, 4) is 0 Å². The molecule has 1 aromatic rings. The Kier molecular flexibility index (Phi) is 6.52. The second-order valence-corrected chi connectivity index (χ2v) is 12.1. The fraction of sp³-hybridized carbons (Fsp3) is 0.714. The normalized spacial score (nSPS) is 35.4. The van der Waals surface area contributed by atoms with Crippen molar-refractivity contribution in [2.75, 3.05) is 19.6 Å². The van der Waals surface area contributed by atoms with Gasteiger partial charge in [0.15, 0.2) is 0 Å². The summed E-state index contributed by atoms with van der Waals surface area (Å²) in [6.45, 7) is 8.64. The van der Waals surface area contributed by atoms with E-state index < -0.39 is 0 Å². The van der Waals surface area contributed by atoms with Crippen molar-refractivity contribution in [3.05, 3.63) is 35.4 Å². The minimum Gasteiger partial charge on any atom is -0.350 e. The first kappa shape index (κ1) is 22.9. The summed E-state index contributed by atoms with van der Waals surface area (Å²) in [7, 11) is 0. The van der Waals surface area contributed by atoms with Gasteiger partial charge in [0, 0.05) is 31.6 Å². The number of carbonyl (C=O) groups excluding carboxylic acids is 2. The predicted molar refractivity (Wildman–Crippen MR) is 130 cm³/mol. The van der Waals surface area contributed by atoms with Gasteiger partial charge in [-0.1, -0.05) is 38.1 Å². The van der Waals surface area contributed by atoms with Crippen LogP contribution >= 0.6 is 0 Å². The van der Waals surface area contributed by atoms with Crippen molar-refractivity contribution < 1.29 is 9.59 Å². The lowest BCUT2D eigenvalue weighted by Crippen LogP contribution is -2.54. The second-order valence-electron chi connectivity index (χ2n) is 12.1. The number of carbonyl (C=O) groups is 2. The zero-order valence-corrected chi connectivity index (χ0v) is 20.4. The molecule has 0 radical (unpaired) electrons. The van der Waals surface area contributed by atoms with Gasteiger partial charge in [0.2, 0.25) is 11.8 Å². The summed E-state index contributed by atoms with van der Waals surface area (Å²) >= 11 is 0. The van der Waals surface area contributed by atoms with Gasteiger partial charge in [-0.3, -0.25) is 14.5 Å². The van der Waals surface area contributed by atoms with Crippen LogP contribution in [0.1, 0.15) is 69.9 Å². The average molecular weight is 452 g/mol. The summed E-state index contributed by atoms with van der Waals surface area (Å²) in [5, 5.41) is 5.96. The van der Waals surface area contributed by atoms with Crippen LogP contribution in [0, 0.1) is 35.0 Å². The van der Waals surface area contributed by atoms with Crippen LogP contribution in [0.5, 0.6) is 0 Å². The Hall–Kier alpha value is -1.88. The Morgan fingerprint density at radius 1 is 0.848 bits per heavy atom. The Morgan fingerprint density at radius 3 is 1.97 bits per heavy atom. The molecule has 5 fully saturated rings. The molecular weight excluding hydrogens is 410 g/mol. The average Bonchev–Trinajstić information content (AvgIpc) is 2.75. The van der Waals surface area contributed by atoms with E-state index in [0.717, 1.165) is 61.0 Å². The standard InChI is InChI=1S/C28H41N3O2/c1-19-7-20(2)17-31(16-19)18-22-5-3-21(4-6-22)14-29-26(32)15-30-27(33)28-11-23-8-24(12-28)10-25(9-23)13-28/h3-6,19-20,23-25H,7-18H2,1-2H3,(H,29,32)(H,30,33). The summed E-state index contributed by atoms with van der Waals surface area (Å²) in [4.78, 5) is 28.0. The molecule has 0 spiro atoms. The van der Waals surface area contributed by atoms with Gasteiger partial charge in [-0.05, 0) is 85.7 Å². The van der Waals surface area contributed by atoms with E-state index in [-0.39, 0.29) is 23.8 Å². The highest BCUT2D eigenvalue weighted by Crippen LogP contribution is 2.60. The van der Waals surface area contributed by atoms with Gasteiger partial charge < -0.3 is 10.6 Å². The van der Waals surface area contributed by atoms with Crippen LogP contribution in [0.3, 0.4) is 0 Å². The minimum atomic E-state index is -0.186. The molecule has 180 valence electrons. The Labute approximate surface area is 199 Å². The third kappa shape index (κ3) is 5.29. The number of likely N-dealkylation sites (tertiary alicyclic amines) is 1. The molecule has 1 aromatic carbocycles. The SMILES string of the molecule is CC1CC(C)CN(Cc2ccc(CNC(=O)CNC(=O)C34CC5CC(CC(C5)C3)C4)cc2)C1. The molecule has 6 rings (SSSR count). The Bertz CT molecular complexity index is 819. The van der Waals surface area contributed by atoms with Crippen molar-refractivity contribution >= 4 is 11.8 Å². The third-order valence-electron chi connectivity index (χ3n) is 8.79. The number of nitrogens with one attached hydrogen (secondary N) is 2. The maximum atomic E-state index is 13.0. The minimum absolute atomic E-state index is 0.0873. The summed E-state index contributed by atoms with van der Waals surface area (Å²) in [6.07, 6.45) is 8.40. The van der Waals surface area contributed by atoms with Crippen molar-refractivity contribution in [1.82, 2.24) is 15.5 Å². The van der Waals surface area contributed by atoms with E-state index >= 15 is 0 Å². The molecule has 4 aliphatic carbocycles. The predicted octanol–water partition coefficient (Wildman–Crippen LogP) is 4.11. The first-order valence-electron chi connectivity index (χ1n) is 13.2. The molecule has 2 atom stereocenters. The molecule has 2 unspecified atom stereocenters. The van der Waals surface area contributed by atoms with Crippen LogP contribution in [0.2, 0.25) is 0 Å². The van der Waals surface area contributed by atoms with E-state index in [0.29, 0.717) is 6.54 Å². The smallest absolute Gasteiger partial charge is 0.239 e. The lowest BCUT2D eigenvalue weighted by Gasteiger charge is -2.55. The molecule has 5 nitrogen and oxygen atoms in total. The lowest BCUT2D eigenvalue weighted by atomic mass is 9.49. The fourth-order valence-corrected chi connectivity index (χ4v) is 7.94. The van der Waals surface area contributed by atoms with Crippen molar-refractivity contribution in [3.63, 3.8) is 0 Å². The van der Waals surface area contributed by atoms with E-state index in [4.69, 9.17) is 0 Å². The second kappa shape index (κ2) is 9.40. The van der Waals surface area contributed by atoms with E-state index in [2.05, 4.69) is 53.6 Å². The maximum Gasteiger partial charge on any atom is 0.239 e. The summed E-state index contributed by atoms with van der Waals surface area (Å²) in [5.74, 6) is 3.77. The summed E-state index contributed by atoms with van der Waals surface area (Å²) < 4.78 is 0. The molecule has 1 aliphatic heterocycles. The van der Waals surface area contributed by atoms with Crippen LogP contribution < -0.4 is 10.6 Å². The lowest BCUT2D eigenvalue weighted by molar-refractivity contribution is -0.147. The van der Waals surface area contributed by atoms with Gasteiger partial charge in [-0.25, -0.2) is 0 Å². The highest BCUT2D eigenvalue weighted by Gasteiger charge is 2.54. The third-order valence-corrected chi connectivity index (χ3v) is 8.79. The van der Waals surface area contributed by atoms with Crippen LogP contribution in [0.15, 0.2) is 24.3 Å². The van der Waals surface area contributed by atoms with Gasteiger partial charge in [0.1, 0.15) is 0 Å². The number of benzene rings is 1. The molecule has 33 heavy (non-hydrogen) atoms. The summed E-state index contributed by atoms with van der Waals surface area (Å²) in [5.41, 5.74) is 2.24.